The number of thiophene rings is 1. The van der Waals surface area contributed by atoms with Gasteiger partial charge in [-0.2, -0.15) is 0 Å². The molecule has 0 aromatic carbocycles. The molecule has 1 aromatic heterocycles. The van der Waals surface area contributed by atoms with E-state index < -0.39 is 19.9 Å². The molecule has 0 aliphatic carbocycles. The van der Waals surface area contributed by atoms with E-state index in [9.17, 15) is 16.8 Å². The Morgan fingerprint density at radius 3 is 2.63 bits per heavy atom. The van der Waals surface area contributed by atoms with E-state index in [-0.39, 0.29) is 14.5 Å². The molecule has 0 saturated carbocycles. The molecular formula is C10H14N2O4S3. The van der Waals surface area contributed by atoms with Crippen molar-refractivity contribution in [2.24, 2.45) is 5.14 Å². The summed E-state index contributed by atoms with van der Waals surface area (Å²) in [6.07, 6.45) is 1.52. The Bertz CT molecular complexity index is 744. The van der Waals surface area contributed by atoms with Gasteiger partial charge in [0.1, 0.15) is 8.42 Å². The molecule has 1 aromatic rings. The number of likely N-dealkylation sites (N-methyl/N-ethyl adjacent to an activating group) is 1. The van der Waals surface area contributed by atoms with Gasteiger partial charge in [0.05, 0.1) is 6.04 Å². The van der Waals surface area contributed by atoms with Crippen molar-refractivity contribution in [3.8, 4) is 0 Å². The van der Waals surface area contributed by atoms with Gasteiger partial charge in [0.15, 0.2) is 0 Å². The van der Waals surface area contributed by atoms with Crippen molar-refractivity contribution in [1.29, 1.82) is 0 Å². The number of nitrogens with two attached hydrogens (primary N) is 1. The first-order valence-electron chi connectivity index (χ1n) is 5.51. The first-order chi connectivity index (χ1) is 8.68. The summed E-state index contributed by atoms with van der Waals surface area (Å²) in [6, 6.07) is -0.310. The second kappa shape index (κ2) is 4.67. The number of primary sulfonamides is 1. The predicted octanol–water partition coefficient (Wildman–Crippen LogP) is 0.656. The van der Waals surface area contributed by atoms with Crippen molar-refractivity contribution in [3.63, 3.8) is 0 Å². The van der Waals surface area contributed by atoms with Crippen molar-refractivity contribution in [1.82, 2.24) is 5.32 Å². The lowest BCUT2D eigenvalue weighted by Crippen LogP contribution is -2.23. The minimum Gasteiger partial charge on any atom is -0.307 e. The third-order valence-corrected chi connectivity index (χ3v) is 7.68. The van der Waals surface area contributed by atoms with Crippen LogP contribution in [0.4, 0.5) is 0 Å². The van der Waals surface area contributed by atoms with E-state index in [2.05, 4.69) is 5.32 Å². The van der Waals surface area contributed by atoms with Gasteiger partial charge in [-0.15, -0.1) is 11.3 Å². The summed E-state index contributed by atoms with van der Waals surface area (Å²) in [5.41, 5.74) is 0.889. The van der Waals surface area contributed by atoms with E-state index >= 15 is 0 Å². The number of sulfonamides is 1. The minimum absolute atomic E-state index is 0.0578. The highest BCUT2D eigenvalue weighted by Gasteiger charge is 2.33. The Morgan fingerprint density at radius 2 is 2.11 bits per heavy atom. The van der Waals surface area contributed by atoms with E-state index in [1.54, 1.807) is 6.92 Å². The molecule has 2 heterocycles. The molecule has 1 aliphatic heterocycles. The Hall–Kier alpha value is -0.740. The summed E-state index contributed by atoms with van der Waals surface area (Å²) in [5.74, 6) is 0. The zero-order valence-corrected chi connectivity index (χ0v) is 12.8. The fourth-order valence-electron chi connectivity index (χ4n) is 2.05. The topological polar surface area (TPSA) is 106 Å². The SMILES string of the molecule is CCNC1C=CS(=O)(=O)c2sc(S(N)(=O)=O)c(C)c21. The van der Waals surface area contributed by atoms with Crippen LogP contribution < -0.4 is 10.5 Å². The third kappa shape index (κ3) is 2.48. The van der Waals surface area contributed by atoms with E-state index in [1.165, 1.54) is 6.08 Å². The number of nitrogens with one attached hydrogen (secondary N) is 1. The van der Waals surface area contributed by atoms with Gasteiger partial charge in [-0.1, -0.05) is 13.0 Å². The Balaban J connectivity index is 2.76. The molecule has 1 unspecified atom stereocenters. The highest BCUT2D eigenvalue weighted by atomic mass is 32.3. The fraction of sp³-hybridized carbons (Fsp3) is 0.400. The van der Waals surface area contributed by atoms with Crippen LogP contribution in [0.1, 0.15) is 24.1 Å². The summed E-state index contributed by atoms with van der Waals surface area (Å²) < 4.78 is 46.9. The van der Waals surface area contributed by atoms with Gasteiger partial charge in [-0.3, -0.25) is 0 Å². The van der Waals surface area contributed by atoms with Crippen LogP contribution in [0.3, 0.4) is 0 Å². The smallest absolute Gasteiger partial charge is 0.247 e. The van der Waals surface area contributed by atoms with Gasteiger partial charge in [0.2, 0.25) is 19.9 Å². The van der Waals surface area contributed by atoms with E-state index in [0.717, 1.165) is 5.41 Å². The molecule has 0 bridgehead atoms. The largest absolute Gasteiger partial charge is 0.307 e. The highest BCUT2D eigenvalue weighted by molar-refractivity contribution is 7.97. The van der Waals surface area contributed by atoms with Crippen LogP contribution in [-0.2, 0) is 19.9 Å². The number of fused-ring (bicyclic) bond motifs is 1. The first kappa shape index (κ1) is 14.7. The van der Waals surface area contributed by atoms with Crippen LogP contribution in [0.15, 0.2) is 19.9 Å². The van der Waals surface area contributed by atoms with Gasteiger partial charge in [-0.25, -0.2) is 22.0 Å². The molecule has 0 radical (unpaired) electrons. The average Bonchev–Trinajstić information content (AvgIpc) is 2.62. The zero-order valence-electron chi connectivity index (χ0n) is 10.4. The molecule has 0 fully saturated rings. The average molecular weight is 322 g/mol. The Kier molecular flexibility index (Phi) is 3.60. The van der Waals surface area contributed by atoms with Gasteiger partial charge in [-0.05, 0) is 19.0 Å². The molecular weight excluding hydrogens is 308 g/mol. The van der Waals surface area contributed by atoms with Crippen LogP contribution in [0, 0.1) is 6.92 Å². The van der Waals surface area contributed by atoms with Crippen LogP contribution in [0.5, 0.6) is 0 Å². The summed E-state index contributed by atoms with van der Waals surface area (Å²) in [7, 11) is -7.49. The van der Waals surface area contributed by atoms with Crippen LogP contribution >= 0.6 is 11.3 Å². The molecule has 6 nitrogen and oxygen atoms in total. The first-order valence-corrected chi connectivity index (χ1v) is 9.42. The molecule has 0 spiro atoms. The maximum Gasteiger partial charge on any atom is 0.247 e. The zero-order chi connectivity index (χ0) is 14.4. The van der Waals surface area contributed by atoms with Crippen molar-refractivity contribution in [2.45, 2.75) is 28.3 Å². The van der Waals surface area contributed by atoms with Crippen molar-refractivity contribution < 1.29 is 16.8 Å². The second-order valence-electron chi connectivity index (χ2n) is 4.17. The molecule has 1 atom stereocenters. The molecule has 3 N–H and O–H groups in total. The standard InChI is InChI=1S/C10H14N2O4S3/c1-3-12-7-4-5-18(13,14)10-8(7)6(2)9(17-10)19(11,15)16/h4-5,7,12H,3H2,1-2H3,(H2,11,15,16). The summed E-state index contributed by atoms with van der Waals surface area (Å²) in [6.45, 7) is 4.10. The van der Waals surface area contributed by atoms with Crippen molar-refractivity contribution in [3.05, 3.63) is 22.6 Å². The molecule has 0 saturated heterocycles. The predicted molar refractivity (Wildman–Crippen MR) is 73.2 cm³/mol. The van der Waals surface area contributed by atoms with Crippen molar-refractivity contribution >= 4 is 31.2 Å². The molecule has 106 valence electrons. The van der Waals surface area contributed by atoms with Crippen LogP contribution in [0.25, 0.3) is 0 Å². The van der Waals surface area contributed by atoms with Crippen molar-refractivity contribution in [2.75, 3.05) is 6.54 Å². The number of hydrogen-bond donors (Lipinski definition) is 2. The molecule has 9 heteroatoms. The normalized spacial score (nSPS) is 21.3. The fourth-order valence-corrected chi connectivity index (χ4v) is 6.24. The molecule has 2 rings (SSSR count). The molecule has 19 heavy (non-hydrogen) atoms. The maximum absolute atomic E-state index is 12.0. The highest BCUT2D eigenvalue weighted by Crippen LogP contribution is 2.41. The number of sulfone groups is 1. The minimum atomic E-state index is -3.92. The lowest BCUT2D eigenvalue weighted by Gasteiger charge is -2.19. The monoisotopic (exact) mass is 322 g/mol. The van der Waals surface area contributed by atoms with Crippen LogP contribution in [0.2, 0.25) is 0 Å². The van der Waals surface area contributed by atoms with Gasteiger partial charge < -0.3 is 5.32 Å². The molecule has 0 amide bonds. The van der Waals surface area contributed by atoms with Gasteiger partial charge in [0, 0.05) is 11.0 Å². The van der Waals surface area contributed by atoms with E-state index in [0.29, 0.717) is 29.0 Å². The van der Waals surface area contributed by atoms with Crippen LogP contribution in [-0.4, -0.2) is 23.4 Å². The maximum atomic E-state index is 12.0. The Labute approximate surface area is 116 Å². The second-order valence-corrected chi connectivity index (χ2v) is 8.98. The number of rotatable bonds is 3. The number of hydrogen-bond acceptors (Lipinski definition) is 6. The lowest BCUT2D eigenvalue weighted by atomic mass is 10.1. The summed E-state index contributed by atoms with van der Waals surface area (Å²) >= 11 is 0.713. The quantitative estimate of drug-likeness (QED) is 0.850. The summed E-state index contributed by atoms with van der Waals surface area (Å²) in [4.78, 5) is 0. The molecule has 1 aliphatic rings. The third-order valence-electron chi connectivity index (χ3n) is 2.82. The van der Waals surface area contributed by atoms with Gasteiger partial charge >= 0.3 is 0 Å². The van der Waals surface area contributed by atoms with Gasteiger partial charge in [0.25, 0.3) is 0 Å². The lowest BCUT2D eigenvalue weighted by molar-refractivity contribution is 0.590. The van der Waals surface area contributed by atoms with E-state index in [1.807, 2.05) is 6.92 Å². The van der Waals surface area contributed by atoms with E-state index in [4.69, 9.17) is 5.14 Å². The Morgan fingerprint density at radius 1 is 1.47 bits per heavy atom. The summed E-state index contributed by atoms with van der Waals surface area (Å²) in [5, 5.41) is 9.33.